The van der Waals surface area contributed by atoms with Gasteiger partial charge in [-0.3, -0.25) is 4.79 Å². The number of aliphatic hydroxyl groups is 1. The summed E-state index contributed by atoms with van der Waals surface area (Å²) in [5, 5.41) is 12.6. The lowest BCUT2D eigenvalue weighted by molar-refractivity contribution is -0.121. The number of amides is 1. The number of alkyl halides is 1. The molecule has 0 aromatic heterocycles. The van der Waals surface area contributed by atoms with Crippen molar-refractivity contribution in [2.75, 3.05) is 11.9 Å². The van der Waals surface area contributed by atoms with Crippen LogP contribution in [0.2, 0.25) is 0 Å². The van der Waals surface area contributed by atoms with Crippen molar-refractivity contribution in [2.24, 2.45) is 0 Å². The van der Waals surface area contributed by atoms with Crippen molar-refractivity contribution in [3.63, 3.8) is 0 Å². The van der Waals surface area contributed by atoms with E-state index in [9.17, 15) is 9.90 Å². The van der Waals surface area contributed by atoms with Gasteiger partial charge < -0.3 is 10.4 Å². The summed E-state index contributed by atoms with van der Waals surface area (Å²) >= 11 is 3.19. The van der Waals surface area contributed by atoms with Gasteiger partial charge in [0, 0.05) is 11.8 Å². The number of aliphatic hydroxyl groups excluding tert-OH is 1. The van der Waals surface area contributed by atoms with Crippen molar-refractivity contribution in [1.82, 2.24) is 5.32 Å². The second-order valence-electron chi connectivity index (χ2n) is 3.15. The number of hydrogen-bond acceptors (Lipinski definition) is 2. The summed E-state index contributed by atoms with van der Waals surface area (Å²) in [5.41, 5.74) is 0.919. The SMILES string of the molecule is O=C(CCBr)N[C@H](CO)c1ccccc1. The van der Waals surface area contributed by atoms with Gasteiger partial charge in [-0.05, 0) is 5.56 Å². The summed E-state index contributed by atoms with van der Waals surface area (Å²) in [6.07, 6.45) is 0.420. The van der Waals surface area contributed by atoms with Gasteiger partial charge in [0.25, 0.3) is 0 Å². The summed E-state index contributed by atoms with van der Waals surface area (Å²) in [4.78, 5) is 11.3. The molecule has 0 aliphatic heterocycles. The highest BCUT2D eigenvalue weighted by atomic mass is 79.9. The number of halogens is 1. The Balaban J connectivity index is 2.61. The van der Waals surface area contributed by atoms with Crippen LogP contribution in [0.5, 0.6) is 0 Å². The molecule has 0 unspecified atom stereocenters. The van der Waals surface area contributed by atoms with Crippen molar-refractivity contribution in [3.05, 3.63) is 35.9 Å². The zero-order chi connectivity index (χ0) is 11.1. The van der Waals surface area contributed by atoms with Crippen LogP contribution in [0.3, 0.4) is 0 Å². The second-order valence-corrected chi connectivity index (χ2v) is 3.95. The van der Waals surface area contributed by atoms with Crippen LogP contribution in [0.15, 0.2) is 30.3 Å². The van der Waals surface area contributed by atoms with Gasteiger partial charge in [-0.15, -0.1) is 0 Å². The van der Waals surface area contributed by atoms with Crippen LogP contribution in [0.25, 0.3) is 0 Å². The fourth-order valence-electron chi connectivity index (χ4n) is 1.27. The molecule has 0 heterocycles. The molecule has 0 saturated heterocycles. The first kappa shape index (κ1) is 12.2. The quantitative estimate of drug-likeness (QED) is 0.800. The summed E-state index contributed by atoms with van der Waals surface area (Å²) in [7, 11) is 0. The summed E-state index contributed by atoms with van der Waals surface area (Å²) in [6, 6.07) is 9.13. The Bertz CT molecular complexity index is 303. The van der Waals surface area contributed by atoms with E-state index in [1.165, 1.54) is 0 Å². The maximum Gasteiger partial charge on any atom is 0.221 e. The summed E-state index contributed by atoms with van der Waals surface area (Å²) in [6.45, 7) is -0.0853. The fraction of sp³-hybridized carbons (Fsp3) is 0.364. The molecule has 4 heteroatoms. The highest BCUT2D eigenvalue weighted by Crippen LogP contribution is 2.11. The molecule has 1 aromatic rings. The molecular formula is C11H14BrNO2. The number of nitrogens with one attached hydrogen (secondary N) is 1. The van der Waals surface area contributed by atoms with Gasteiger partial charge in [0.2, 0.25) is 5.91 Å². The third-order valence-corrected chi connectivity index (χ3v) is 2.44. The van der Waals surface area contributed by atoms with Crippen molar-refractivity contribution < 1.29 is 9.90 Å². The third kappa shape index (κ3) is 4.01. The van der Waals surface area contributed by atoms with E-state index in [2.05, 4.69) is 21.2 Å². The van der Waals surface area contributed by atoms with Crippen LogP contribution >= 0.6 is 15.9 Å². The highest BCUT2D eigenvalue weighted by Gasteiger charge is 2.12. The number of benzene rings is 1. The van der Waals surface area contributed by atoms with E-state index in [-0.39, 0.29) is 18.6 Å². The molecule has 0 radical (unpaired) electrons. The van der Waals surface area contributed by atoms with Gasteiger partial charge in [-0.1, -0.05) is 46.3 Å². The minimum absolute atomic E-state index is 0.0604. The Morgan fingerprint density at radius 3 is 2.60 bits per heavy atom. The van der Waals surface area contributed by atoms with Crippen LogP contribution in [0.1, 0.15) is 18.0 Å². The van der Waals surface area contributed by atoms with Gasteiger partial charge in [0.1, 0.15) is 0 Å². The van der Waals surface area contributed by atoms with Gasteiger partial charge >= 0.3 is 0 Å². The number of carbonyl (C=O) groups is 1. The van der Waals surface area contributed by atoms with Gasteiger partial charge in [0.05, 0.1) is 12.6 Å². The lowest BCUT2D eigenvalue weighted by Crippen LogP contribution is -2.30. The zero-order valence-corrected chi connectivity index (χ0v) is 9.90. The summed E-state index contributed by atoms with van der Waals surface area (Å²) < 4.78 is 0. The molecule has 82 valence electrons. The first-order chi connectivity index (χ1) is 7.27. The molecule has 2 N–H and O–H groups in total. The predicted octanol–water partition coefficient (Wildman–Crippen LogP) is 1.62. The minimum atomic E-state index is -0.308. The first-order valence-electron chi connectivity index (χ1n) is 4.79. The maximum absolute atomic E-state index is 11.3. The van der Waals surface area contributed by atoms with Gasteiger partial charge in [-0.25, -0.2) is 0 Å². The molecule has 0 saturated carbocycles. The Hall–Kier alpha value is -0.870. The molecule has 3 nitrogen and oxygen atoms in total. The highest BCUT2D eigenvalue weighted by molar-refractivity contribution is 9.09. The normalized spacial score (nSPS) is 12.1. The number of rotatable bonds is 5. The maximum atomic E-state index is 11.3. The van der Waals surface area contributed by atoms with E-state index < -0.39 is 0 Å². The molecule has 0 aliphatic carbocycles. The molecule has 15 heavy (non-hydrogen) atoms. The van der Waals surface area contributed by atoms with Crippen molar-refractivity contribution in [3.8, 4) is 0 Å². The Labute approximate surface area is 97.6 Å². The Morgan fingerprint density at radius 2 is 2.07 bits per heavy atom. The topological polar surface area (TPSA) is 49.3 Å². The molecule has 1 atom stereocenters. The molecule has 1 rings (SSSR count). The minimum Gasteiger partial charge on any atom is -0.394 e. The van der Waals surface area contributed by atoms with E-state index in [4.69, 9.17) is 0 Å². The molecule has 0 spiro atoms. The van der Waals surface area contributed by atoms with E-state index in [0.29, 0.717) is 11.8 Å². The molecule has 0 aliphatic rings. The predicted molar refractivity (Wildman–Crippen MR) is 62.8 cm³/mol. The van der Waals surface area contributed by atoms with E-state index in [1.807, 2.05) is 30.3 Å². The molecule has 1 aromatic carbocycles. The van der Waals surface area contributed by atoms with Gasteiger partial charge in [-0.2, -0.15) is 0 Å². The Kier molecular flexibility index (Phi) is 5.36. The largest absolute Gasteiger partial charge is 0.394 e. The standard InChI is InChI=1S/C11H14BrNO2/c12-7-6-11(15)13-10(8-14)9-4-2-1-3-5-9/h1-5,10,14H,6-8H2,(H,13,15)/t10-/m1/s1. The van der Waals surface area contributed by atoms with Crippen LogP contribution in [0.4, 0.5) is 0 Å². The lowest BCUT2D eigenvalue weighted by Gasteiger charge is -2.16. The van der Waals surface area contributed by atoms with Gasteiger partial charge in [0.15, 0.2) is 0 Å². The van der Waals surface area contributed by atoms with Crippen LogP contribution in [-0.2, 0) is 4.79 Å². The Morgan fingerprint density at radius 1 is 1.40 bits per heavy atom. The number of hydrogen-bond donors (Lipinski definition) is 2. The third-order valence-electron chi connectivity index (χ3n) is 2.04. The summed E-state index contributed by atoms with van der Waals surface area (Å²) in [5.74, 6) is -0.0604. The second kappa shape index (κ2) is 6.58. The monoisotopic (exact) mass is 271 g/mol. The fourth-order valence-corrected chi connectivity index (χ4v) is 1.63. The lowest BCUT2D eigenvalue weighted by atomic mass is 10.1. The molecule has 0 bridgehead atoms. The molecule has 0 fully saturated rings. The molecular weight excluding hydrogens is 258 g/mol. The van der Waals surface area contributed by atoms with Crippen molar-refractivity contribution in [1.29, 1.82) is 0 Å². The first-order valence-corrected chi connectivity index (χ1v) is 5.91. The number of carbonyl (C=O) groups excluding carboxylic acids is 1. The smallest absolute Gasteiger partial charge is 0.221 e. The van der Waals surface area contributed by atoms with Crippen LogP contribution < -0.4 is 5.32 Å². The van der Waals surface area contributed by atoms with E-state index in [0.717, 1.165) is 5.56 Å². The average Bonchev–Trinajstić information content (AvgIpc) is 2.27. The van der Waals surface area contributed by atoms with Crippen molar-refractivity contribution in [2.45, 2.75) is 12.5 Å². The zero-order valence-electron chi connectivity index (χ0n) is 8.32. The van der Waals surface area contributed by atoms with E-state index in [1.54, 1.807) is 0 Å². The van der Waals surface area contributed by atoms with Crippen molar-refractivity contribution >= 4 is 21.8 Å². The molecule has 1 amide bonds. The van der Waals surface area contributed by atoms with E-state index >= 15 is 0 Å². The average molecular weight is 272 g/mol. The van der Waals surface area contributed by atoms with Crippen LogP contribution in [0, 0.1) is 0 Å². The van der Waals surface area contributed by atoms with Crippen LogP contribution in [-0.4, -0.2) is 23.0 Å².